The molecule has 0 aliphatic carbocycles. The highest BCUT2D eigenvalue weighted by atomic mass is 32.2. The largest absolute Gasteiger partial charge is 0.744 e. The van der Waals surface area contributed by atoms with Gasteiger partial charge in [0.25, 0.3) is 0 Å². The highest BCUT2D eigenvalue weighted by Gasteiger charge is 2.20. The molecule has 0 atom stereocenters. The first-order chi connectivity index (χ1) is 12.0. The van der Waals surface area contributed by atoms with Crippen molar-refractivity contribution in [3.63, 3.8) is 0 Å². The normalized spacial score (nSPS) is 13.2. The SMILES string of the molecule is Cc1cc(S(=O)(=O)[O-])c2ccc3c(S(=O)(=O)[O-])cc(O)c4ccc1c2c43. The monoisotopic (exact) mass is 390 g/mol. The van der Waals surface area contributed by atoms with E-state index in [1.54, 1.807) is 19.1 Å². The molecule has 0 bridgehead atoms. The Balaban J connectivity index is 2.42. The standard InChI is InChI=1S/C17H12O7S2/c1-8-6-14(25(19,20)21)11-4-5-12-15(26(22,23)24)7-13(18)10-3-2-9(8)16(11)17(10)12/h2-7,18H,1H3,(H,19,20,21)(H,22,23,24)/p-2. The minimum absolute atomic E-state index is 0.0609. The van der Waals surface area contributed by atoms with Crippen LogP contribution < -0.4 is 0 Å². The molecule has 4 aromatic rings. The minimum atomic E-state index is -4.89. The van der Waals surface area contributed by atoms with Crippen LogP contribution in [0.2, 0.25) is 0 Å². The van der Waals surface area contributed by atoms with Crippen molar-refractivity contribution < 1.29 is 31.0 Å². The fourth-order valence-corrected chi connectivity index (χ4v) is 4.95. The van der Waals surface area contributed by atoms with Crippen LogP contribution in [-0.4, -0.2) is 31.0 Å². The van der Waals surface area contributed by atoms with Crippen LogP contribution in [0, 0.1) is 6.92 Å². The Kier molecular flexibility index (Phi) is 3.29. The predicted octanol–water partition coefficient (Wildman–Crippen LogP) is 2.41. The van der Waals surface area contributed by atoms with Gasteiger partial charge in [0.1, 0.15) is 26.0 Å². The summed E-state index contributed by atoms with van der Waals surface area (Å²) in [5, 5.41) is 11.8. The summed E-state index contributed by atoms with van der Waals surface area (Å²) in [5.74, 6) is -0.422. The van der Waals surface area contributed by atoms with Crippen molar-refractivity contribution in [1.82, 2.24) is 0 Å². The van der Waals surface area contributed by atoms with E-state index in [9.17, 15) is 31.0 Å². The Morgan fingerprint density at radius 3 is 1.69 bits per heavy atom. The van der Waals surface area contributed by atoms with Gasteiger partial charge in [-0.15, -0.1) is 0 Å². The van der Waals surface area contributed by atoms with Crippen LogP contribution in [0.25, 0.3) is 32.3 Å². The van der Waals surface area contributed by atoms with Gasteiger partial charge < -0.3 is 14.2 Å². The molecule has 0 aromatic heterocycles. The van der Waals surface area contributed by atoms with E-state index in [0.717, 1.165) is 6.07 Å². The molecular weight excluding hydrogens is 380 g/mol. The molecule has 0 aliphatic heterocycles. The van der Waals surface area contributed by atoms with Gasteiger partial charge in [-0.25, -0.2) is 16.8 Å². The van der Waals surface area contributed by atoms with Crippen molar-refractivity contribution in [1.29, 1.82) is 0 Å². The maximum absolute atomic E-state index is 11.7. The Morgan fingerprint density at radius 2 is 1.15 bits per heavy atom. The summed E-state index contributed by atoms with van der Waals surface area (Å²) in [6.07, 6.45) is 0. The van der Waals surface area contributed by atoms with Gasteiger partial charge in [0.15, 0.2) is 0 Å². The lowest BCUT2D eigenvalue weighted by molar-refractivity contribution is 0.458. The average Bonchev–Trinajstić information content (AvgIpc) is 2.53. The topological polar surface area (TPSA) is 135 Å². The molecule has 0 saturated heterocycles. The zero-order valence-electron chi connectivity index (χ0n) is 13.2. The molecule has 0 heterocycles. The molecule has 9 heteroatoms. The molecule has 0 radical (unpaired) electrons. The highest BCUT2D eigenvalue weighted by Crippen LogP contribution is 2.43. The highest BCUT2D eigenvalue weighted by molar-refractivity contribution is 7.86. The second-order valence-electron chi connectivity index (χ2n) is 6.07. The van der Waals surface area contributed by atoms with Crippen molar-refractivity contribution in [3.8, 4) is 5.75 Å². The van der Waals surface area contributed by atoms with Crippen molar-refractivity contribution in [3.05, 3.63) is 42.0 Å². The molecular formula is C17H10O7S2-2. The first-order valence-corrected chi connectivity index (χ1v) is 10.2. The van der Waals surface area contributed by atoms with Crippen LogP contribution in [-0.2, 0) is 20.2 Å². The van der Waals surface area contributed by atoms with E-state index in [1.165, 1.54) is 18.2 Å². The molecule has 0 amide bonds. The number of hydrogen-bond donors (Lipinski definition) is 1. The fraction of sp³-hybridized carbons (Fsp3) is 0.0588. The van der Waals surface area contributed by atoms with E-state index in [4.69, 9.17) is 0 Å². The smallest absolute Gasteiger partial charge is 0.125 e. The minimum Gasteiger partial charge on any atom is -0.744 e. The first kappa shape index (κ1) is 17.0. The molecule has 26 heavy (non-hydrogen) atoms. The molecule has 0 unspecified atom stereocenters. The van der Waals surface area contributed by atoms with Gasteiger partial charge in [-0.05, 0) is 41.5 Å². The summed E-state index contributed by atoms with van der Waals surface area (Å²) in [6, 6.07) is 7.92. The third-order valence-electron chi connectivity index (χ3n) is 4.55. The predicted molar refractivity (Wildman–Crippen MR) is 92.5 cm³/mol. The number of phenols is 1. The number of phenolic OH excluding ortho intramolecular Hbond substituents is 1. The van der Waals surface area contributed by atoms with Crippen LogP contribution in [0.15, 0.2) is 46.2 Å². The van der Waals surface area contributed by atoms with Crippen LogP contribution in [0.3, 0.4) is 0 Å². The van der Waals surface area contributed by atoms with Crippen LogP contribution >= 0.6 is 0 Å². The maximum atomic E-state index is 11.7. The molecule has 0 saturated carbocycles. The number of aromatic hydroxyl groups is 1. The van der Waals surface area contributed by atoms with Crippen molar-refractivity contribution >= 4 is 52.6 Å². The lowest BCUT2D eigenvalue weighted by atomic mass is 9.92. The van der Waals surface area contributed by atoms with Crippen molar-refractivity contribution in [2.75, 3.05) is 0 Å². The lowest BCUT2D eigenvalue weighted by Crippen LogP contribution is -2.03. The van der Waals surface area contributed by atoms with Crippen LogP contribution in [0.1, 0.15) is 5.56 Å². The van der Waals surface area contributed by atoms with Gasteiger partial charge in [0.05, 0.1) is 9.79 Å². The Hall–Kier alpha value is -2.46. The molecule has 7 nitrogen and oxygen atoms in total. The third kappa shape index (κ3) is 2.25. The Labute approximate surface area is 148 Å². The van der Waals surface area contributed by atoms with Crippen LogP contribution in [0.5, 0.6) is 5.75 Å². The van der Waals surface area contributed by atoms with Crippen molar-refractivity contribution in [2.45, 2.75) is 16.7 Å². The second-order valence-corrected chi connectivity index (χ2v) is 8.76. The lowest BCUT2D eigenvalue weighted by Gasteiger charge is -2.20. The summed E-state index contributed by atoms with van der Waals surface area (Å²) < 4.78 is 69.9. The van der Waals surface area contributed by atoms with Gasteiger partial charge in [-0.1, -0.05) is 18.2 Å². The third-order valence-corrected chi connectivity index (χ3v) is 6.30. The number of aryl methyl sites for hydroxylation is 1. The molecule has 0 spiro atoms. The molecule has 4 aromatic carbocycles. The van der Waals surface area contributed by atoms with E-state index < -0.39 is 35.8 Å². The summed E-state index contributed by atoms with van der Waals surface area (Å²) >= 11 is 0. The zero-order valence-corrected chi connectivity index (χ0v) is 14.8. The maximum Gasteiger partial charge on any atom is 0.125 e. The van der Waals surface area contributed by atoms with Gasteiger partial charge in [0.2, 0.25) is 0 Å². The summed E-state index contributed by atoms with van der Waals surface area (Å²) in [7, 11) is -9.68. The molecule has 134 valence electrons. The van der Waals surface area contributed by atoms with E-state index >= 15 is 0 Å². The molecule has 0 aliphatic rings. The molecule has 1 N–H and O–H groups in total. The Morgan fingerprint density at radius 1 is 0.731 bits per heavy atom. The average molecular weight is 390 g/mol. The molecule has 0 fully saturated rings. The van der Waals surface area contributed by atoms with E-state index in [2.05, 4.69) is 0 Å². The van der Waals surface area contributed by atoms with Gasteiger partial charge >= 0.3 is 0 Å². The Bertz CT molecular complexity index is 1320. The van der Waals surface area contributed by atoms with Gasteiger partial charge in [-0.3, -0.25) is 0 Å². The molecule has 4 rings (SSSR count). The van der Waals surface area contributed by atoms with Crippen LogP contribution in [0.4, 0.5) is 0 Å². The number of rotatable bonds is 2. The van der Waals surface area contributed by atoms with Crippen molar-refractivity contribution in [2.24, 2.45) is 0 Å². The first-order valence-electron chi connectivity index (χ1n) is 7.36. The summed E-state index contributed by atoms with van der Waals surface area (Å²) in [4.78, 5) is -1.04. The summed E-state index contributed by atoms with van der Waals surface area (Å²) in [5.41, 5.74) is 0.496. The van der Waals surface area contributed by atoms with E-state index in [-0.39, 0.29) is 21.5 Å². The van der Waals surface area contributed by atoms with E-state index in [0.29, 0.717) is 16.3 Å². The second kappa shape index (κ2) is 5.04. The summed E-state index contributed by atoms with van der Waals surface area (Å²) in [6.45, 7) is 1.62. The quantitative estimate of drug-likeness (QED) is 0.410. The fourth-order valence-electron chi connectivity index (χ4n) is 3.49. The van der Waals surface area contributed by atoms with Gasteiger partial charge in [-0.2, -0.15) is 0 Å². The zero-order chi connectivity index (χ0) is 19.0. The van der Waals surface area contributed by atoms with Gasteiger partial charge in [0, 0.05) is 21.5 Å². The number of benzene rings is 4. The number of hydrogen-bond acceptors (Lipinski definition) is 7. The van der Waals surface area contributed by atoms with E-state index in [1.807, 2.05) is 0 Å².